The summed E-state index contributed by atoms with van der Waals surface area (Å²) in [6.07, 6.45) is -4.84. The number of carbonyl (C=O) groups excluding carboxylic acids is 1. The van der Waals surface area contributed by atoms with Crippen LogP contribution in [0, 0.1) is 0 Å². The lowest BCUT2D eigenvalue weighted by molar-refractivity contribution is -0.144. The first-order valence-electron chi connectivity index (χ1n) is 1.89. The van der Waals surface area contributed by atoms with Crippen molar-refractivity contribution in [3.05, 3.63) is 10.4 Å². The summed E-state index contributed by atoms with van der Waals surface area (Å²) in [5.74, 6) is 0. The van der Waals surface area contributed by atoms with Gasteiger partial charge in [-0.15, -0.1) is 0 Å². The number of hydrogen-bond acceptors (Lipinski definition) is 1. The molecule has 56 valence electrons. The van der Waals surface area contributed by atoms with Crippen molar-refractivity contribution in [3.8, 4) is 0 Å². The van der Waals surface area contributed by atoms with Gasteiger partial charge in [-0.2, -0.15) is 13.2 Å². The van der Waals surface area contributed by atoms with E-state index in [0.29, 0.717) is 5.32 Å². The molecule has 0 bridgehead atoms. The van der Waals surface area contributed by atoms with E-state index in [1.165, 1.54) is 0 Å². The molecule has 0 heterocycles. The van der Waals surface area contributed by atoms with E-state index in [9.17, 15) is 18.0 Å². The molecule has 0 aliphatic rings. The zero-order valence-corrected chi connectivity index (χ0v) is 4.38. The van der Waals surface area contributed by atoms with Gasteiger partial charge in [-0.1, -0.05) is 0 Å². The number of urea groups is 1. The molecular formula is C2HF3N4O. The van der Waals surface area contributed by atoms with Crippen molar-refractivity contribution in [2.24, 2.45) is 5.11 Å². The number of nitrogens with zero attached hydrogens (tertiary/aromatic N) is 3. The minimum absolute atomic E-state index is 0.461. The molecule has 2 amide bonds. The van der Waals surface area contributed by atoms with Gasteiger partial charge in [-0.3, -0.25) is 10.1 Å². The maximum atomic E-state index is 11.1. The topological polar surface area (TPSA) is 77.9 Å². The minimum atomic E-state index is -4.84. The van der Waals surface area contributed by atoms with Crippen LogP contribution in [0.25, 0.3) is 10.4 Å². The molecule has 8 heteroatoms. The Morgan fingerprint density at radius 1 is 1.60 bits per heavy atom. The van der Waals surface area contributed by atoms with Gasteiger partial charge in [-0.25, -0.2) is 0 Å². The molecule has 0 aliphatic heterocycles. The normalized spacial score (nSPS) is 9.90. The number of nitrogens with one attached hydrogen (secondary N) is 1. The van der Waals surface area contributed by atoms with Crippen LogP contribution in [0.2, 0.25) is 0 Å². The van der Waals surface area contributed by atoms with E-state index in [1.807, 2.05) is 4.91 Å². The number of rotatable bonds is 0. The Kier molecular flexibility index (Phi) is 2.51. The van der Waals surface area contributed by atoms with Crippen molar-refractivity contribution < 1.29 is 18.0 Å². The first-order valence-corrected chi connectivity index (χ1v) is 1.89. The highest BCUT2D eigenvalue weighted by atomic mass is 19.4. The fourth-order valence-electron chi connectivity index (χ4n) is 0.187. The SMILES string of the molecule is [N-]=[N+]=NC(=O)NC(F)(F)F. The van der Waals surface area contributed by atoms with Gasteiger partial charge in [-0.05, 0) is 5.53 Å². The van der Waals surface area contributed by atoms with Crippen LogP contribution in [0.15, 0.2) is 5.11 Å². The van der Waals surface area contributed by atoms with Crippen LogP contribution in [-0.4, -0.2) is 12.3 Å². The highest BCUT2D eigenvalue weighted by Crippen LogP contribution is 2.09. The molecule has 0 aromatic heterocycles. The fraction of sp³-hybridized carbons (Fsp3) is 0.500. The Balaban J connectivity index is 3.92. The number of amides is 2. The van der Waals surface area contributed by atoms with E-state index >= 15 is 0 Å². The summed E-state index contributed by atoms with van der Waals surface area (Å²) in [6.45, 7) is 0. The highest BCUT2D eigenvalue weighted by molar-refractivity contribution is 5.74. The molecule has 10 heavy (non-hydrogen) atoms. The number of halogens is 3. The van der Waals surface area contributed by atoms with Crippen molar-refractivity contribution in [2.45, 2.75) is 6.30 Å². The average Bonchev–Trinajstić information content (AvgIpc) is 1.59. The molecule has 0 saturated carbocycles. The molecule has 0 saturated heterocycles. The molecule has 0 atom stereocenters. The summed E-state index contributed by atoms with van der Waals surface area (Å²) in [5, 5.41) is 2.58. The van der Waals surface area contributed by atoms with E-state index in [4.69, 9.17) is 5.53 Å². The van der Waals surface area contributed by atoms with Gasteiger partial charge in [0.05, 0.1) is 0 Å². The summed E-state index contributed by atoms with van der Waals surface area (Å²) in [5.41, 5.74) is 7.46. The van der Waals surface area contributed by atoms with Gasteiger partial charge in [0.25, 0.3) is 0 Å². The Bertz CT molecular complexity index is 179. The van der Waals surface area contributed by atoms with Crippen LogP contribution < -0.4 is 5.32 Å². The maximum absolute atomic E-state index is 11.1. The van der Waals surface area contributed by atoms with Crippen LogP contribution in [0.1, 0.15) is 0 Å². The standard InChI is InChI=1S/C2HF3N4O/c3-2(4,5)7-1(10)8-9-6/h(H,7,10). The van der Waals surface area contributed by atoms with Crippen molar-refractivity contribution >= 4 is 6.03 Å². The summed E-state index contributed by atoms with van der Waals surface area (Å²) in [7, 11) is 0. The van der Waals surface area contributed by atoms with Crippen LogP contribution in [0.4, 0.5) is 18.0 Å². The molecule has 0 radical (unpaired) electrons. The van der Waals surface area contributed by atoms with Gasteiger partial charge in [0.2, 0.25) is 0 Å². The van der Waals surface area contributed by atoms with E-state index in [2.05, 4.69) is 5.11 Å². The number of alkyl halides is 3. The van der Waals surface area contributed by atoms with E-state index in [1.54, 1.807) is 0 Å². The van der Waals surface area contributed by atoms with E-state index in [-0.39, 0.29) is 0 Å². The molecule has 0 aliphatic carbocycles. The lowest BCUT2D eigenvalue weighted by Crippen LogP contribution is -2.34. The second-order valence-corrected chi connectivity index (χ2v) is 1.12. The second-order valence-electron chi connectivity index (χ2n) is 1.12. The van der Waals surface area contributed by atoms with Gasteiger partial charge in [0.1, 0.15) is 0 Å². The third-order valence-corrected chi connectivity index (χ3v) is 0.384. The van der Waals surface area contributed by atoms with Gasteiger partial charge >= 0.3 is 12.3 Å². The zero-order valence-electron chi connectivity index (χ0n) is 4.38. The lowest BCUT2D eigenvalue weighted by Gasteiger charge is -2.03. The summed E-state index contributed by atoms with van der Waals surface area (Å²) in [6, 6.07) is -1.77. The first-order chi connectivity index (χ1) is 4.45. The molecule has 5 nitrogen and oxygen atoms in total. The lowest BCUT2D eigenvalue weighted by atomic mass is 10.9. The van der Waals surface area contributed by atoms with E-state index < -0.39 is 12.3 Å². The molecule has 0 rings (SSSR count). The summed E-state index contributed by atoms with van der Waals surface area (Å²) >= 11 is 0. The Morgan fingerprint density at radius 3 is 2.40 bits per heavy atom. The molecule has 0 unspecified atom stereocenters. The second kappa shape index (κ2) is 2.92. The quantitative estimate of drug-likeness (QED) is 0.244. The molecular weight excluding hydrogens is 153 g/mol. The van der Waals surface area contributed by atoms with Gasteiger partial charge in [0, 0.05) is 10.0 Å². The molecule has 0 spiro atoms. The summed E-state index contributed by atoms with van der Waals surface area (Å²) in [4.78, 5) is 11.6. The summed E-state index contributed by atoms with van der Waals surface area (Å²) < 4.78 is 33.3. The zero-order chi connectivity index (χ0) is 8.20. The molecule has 0 fully saturated rings. The van der Waals surface area contributed by atoms with Crippen LogP contribution >= 0.6 is 0 Å². The van der Waals surface area contributed by atoms with Crippen molar-refractivity contribution in [1.82, 2.24) is 5.32 Å². The maximum Gasteiger partial charge on any atom is 0.484 e. The average molecular weight is 154 g/mol. The van der Waals surface area contributed by atoms with Gasteiger partial charge in [0.15, 0.2) is 0 Å². The minimum Gasteiger partial charge on any atom is -0.267 e. The van der Waals surface area contributed by atoms with Crippen molar-refractivity contribution in [2.75, 3.05) is 0 Å². The monoisotopic (exact) mass is 154 g/mol. The molecule has 0 aromatic rings. The Labute approximate surface area is 52.4 Å². The van der Waals surface area contributed by atoms with Crippen LogP contribution in [-0.2, 0) is 0 Å². The Morgan fingerprint density at radius 2 is 2.10 bits per heavy atom. The third kappa shape index (κ3) is 4.72. The van der Waals surface area contributed by atoms with Crippen LogP contribution in [0.3, 0.4) is 0 Å². The largest absolute Gasteiger partial charge is 0.484 e. The van der Waals surface area contributed by atoms with Gasteiger partial charge < -0.3 is 0 Å². The highest BCUT2D eigenvalue weighted by Gasteiger charge is 2.29. The molecule has 0 aromatic carbocycles. The predicted molar refractivity (Wildman–Crippen MR) is 23.7 cm³/mol. The van der Waals surface area contributed by atoms with E-state index in [0.717, 1.165) is 0 Å². The van der Waals surface area contributed by atoms with Crippen molar-refractivity contribution in [3.63, 3.8) is 0 Å². The number of hydrogen-bond donors (Lipinski definition) is 1. The fourth-order valence-corrected chi connectivity index (χ4v) is 0.187. The number of azide groups is 1. The van der Waals surface area contributed by atoms with Crippen LogP contribution in [0.5, 0.6) is 0 Å². The predicted octanol–water partition coefficient (Wildman–Crippen LogP) is 1.53. The molecule has 1 N–H and O–H groups in total. The Hall–Kier alpha value is -1.43. The third-order valence-electron chi connectivity index (χ3n) is 0.384. The smallest absolute Gasteiger partial charge is 0.267 e. The number of carbonyl (C=O) groups is 1. The first kappa shape index (κ1) is 8.57. The van der Waals surface area contributed by atoms with Crippen molar-refractivity contribution in [1.29, 1.82) is 0 Å².